The number of likely N-dealkylation sites (tertiary alicyclic amines) is 1. The van der Waals surface area contributed by atoms with Crippen LogP contribution in [0.1, 0.15) is 24.8 Å². The minimum Gasteiger partial charge on any atom is -0.348 e. The number of carbonyl (C=O) groups excluding carboxylic acids is 1. The molecule has 0 radical (unpaired) electrons. The molecule has 5 heteroatoms. The molecule has 1 aromatic carbocycles. The highest BCUT2D eigenvalue weighted by atomic mass is 35.5. The molecule has 1 amide bonds. The average molecular weight is 322 g/mol. The molecule has 2 heterocycles. The summed E-state index contributed by atoms with van der Waals surface area (Å²) >= 11 is 5.96. The van der Waals surface area contributed by atoms with E-state index in [4.69, 9.17) is 21.1 Å². The van der Waals surface area contributed by atoms with Gasteiger partial charge in [0, 0.05) is 17.6 Å². The molecule has 0 aliphatic carbocycles. The summed E-state index contributed by atoms with van der Waals surface area (Å²) in [6, 6.07) is 7.47. The zero-order valence-electron chi connectivity index (χ0n) is 12.4. The first-order valence-corrected chi connectivity index (χ1v) is 8.09. The first-order chi connectivity index (χ1) is 10.7. The van der Waals surface area contributed by atoms with E-state index in [9.17, 15) is 4.79 Å². The second kappa shape index (κ2) is 7.27. The maximum Gasteiger partial charge on any atom is 0.246 e. The van der Waals surface area contributed by atoms with Crippen LogP contribution in [-0.4, -0.2) is 42.9 Å². The summed E-state index contributed by atoms with van der Waals surface area (Å²) in [7, 11) is 0. The van der Waals surface area contributed by atoms with Crippen LogP contribution in [0.3, 0.4) is 0 Å². The number of amides is 1. The van der Waals surface area contributed by atoms with E-state index in [1.54, 1.807) is 12.2 Å². The monoisotopic (exact) mass is 321 g/mol. The molecule has 0 spiro atoms. The standard InChI is InChI=1S/C17H20ClNO3/c18-14-5-3-4-13(12-14)7-8-16(20)19-9-2-1-6-15(19)17-21-10-11-22-17/h3-5,7-8,12,15,17H,1-2,6,9-11H2/b8-7+. The van der Waals surface area contributed by atoms with Crippen molar-refractivity contribution in [2.75, 3.05) is 19.8 Å². The van der Waals surface area contributed by atoms with Crippen LogP contribution >= 0.6 is 11.6 Å². The normalized spacial score (nSPS) is 23.3. The molecule has 22 heavy (non-hydrogen) atoms. The van der Waals surface area contributed by atoms with E-state index >= 15 is 0 Å². The summed E-state index contributed by atoms with van der Waals surface area (Å²) in [5.74, 6) is 0.00350. The van der Waals surface area contributed by atoms with Gasteiger partial charge in [0.25, 0.3) is 0 Å². The van der Waals surface area contributed by atoms with Gasteiger partial charge in [0.05, 0.1) is 19.3 Å². The predicted octanol–water partition coefficient (Wildman–Crippen LogP) is 3.11. The van der Waals surface area contributed by atoms with Crippen LogP contribution in [0, 0.1) is 0 Å². The highest BCUT2D eigenvalue weighted by Gasteiger charge is 2.35. The zero-order valence-corrected chi connectivity index (χ0v) is 13.2. The first kappa shape index (κ1) is 15.5. The molecule has 0 aromatic heterocycles. The number of halogens is 1. The molecule has 3 rings (SSSR count). The molecule has 0 N–H and O–H groups in total. The van der Waals surface area contributed by atoms with Gasteiger partial charge in [-0.15, -0.1) is 0 Å². The van der Waals surface area contributed by atoms with Crippen LogP contribution in [0.5, 0.6) is 0 Å². The molecule has 1 unspecified atom stereocenters. The fourth-order valence-electron chi connectivity index (χ4n) is 2.99. The fraction of sp³-hybridized carbons (Fsp3) is 0.471. The van der Waals surface area contributed by atoms with Crippen LogP contribution in [0.2, 0.25) is 5.02 Å². The van der Waals surface area contributed by atoms with Gasteiger partial charge in [-0.25, -0.2) is 0 Å². The van der Waals surface area contributed by atoms with Gasteiger partial charge in [0.1, 0.15) is 0 Å². The van der Waals surface area contributed by atoms with Crippen molar-refractivity contribution in [1.29, 1.82) is 0 Å². The van der Waals surface area contributed by atoms with Crippen molar-refractivity contribution in [3.8, 4) is 0 Å². The number of ether oxygens (including phenoxy) is 2. The van der Waals surface area contributed by atoms with Crippen molar-refractivity contribution >= 4 is 23.6 Å². The van der Waals surface area contributed by atoms with E-state index in [0.717, 1.165) is 31.4 Å². The second-order valence-corrected chi connectivity index (χ2v) is 6.03. The van der Waals surface area contributed by atoms with Crippen LogP contribution in [0.15, 0.2) is 30.3 Å². The summed E-state index contributed by atoms with van der Waals surface area (Å²) in [6.07, 6.45) is 6.20. The Morgan fingerprint density at radius 2 is 2.09 bits per heavy atom. The number of benzene rings is 1. The van der Waals surface area contributed by atoms with E-state index in [0.29, 0.717) is 18.2 Å². The number of carbonyl (C=O) groups is 1. The Bertz CT molecular complexity index is 555. The van der Waals surface area contributed by atoms with E-state index in [2.05, 4.69) is 0 Å². The highest BCUT2D eigenvalue weighted by Crippen LogP contribution is 2.25. The minimum absolute atomic E-state index is 0.00350. The van der Waals surface area contributed by atoms with Gasteiger partial charge in [-0.05, 0) is 43.0 Å². The van der Waals surface area contributed by atoms with E-state index < -0.39 is 0 Å². The van der Waals surface area contributed by atoms with Crippen LogP contribution in [0.4, 0.5) is 0 Å². The Balaban J connectivity index is 1.68. The Morgan fingerprint density at radius 1 is 1.27 bits per heavy atom. The summed E-state index contributed by atoms with van der Waals surface area (Å²) in [5, 5.41) is 0.665. The third-order valence-corrected chi connectivity index (χ3v) is 4.30. The number of rotatable bonds is 3. The van der Waals surface area contributed by atoms with Gasteiger partial charge in [0.15, 0.2) is 6.29 Å². The van der Waals surface area contributed by atoms with E-state index in [-0.39, 0.29) is 18.2 Å². The third-order valence-electron chi connectivity index (χ3n) is 4.06. The summed E-state index contributed by atoms with van der Waals surface area (Å²) in [6.45, 7) is 1.98. The molecule has 0 saturated carbocycles. The van der Waals surface area contributed by atoms with Gasteiger partial charge < -0.3 is 14.4 Å². The Hall–Kier alpha value is -1.36. The summed E-state index contributed by atoms with van der Waals surface area (Å²) in [5.41, 5.74) is 0.919. The van der Waals surface area contributed by atoms with Gasteiger partial charge >= 0.3 is 0 Å². The number of hydrogen-bond donors (Lipinski definition) is 0. The van der Waals surface area contributed by atoms with Crippen LogP contribution in [-0.2, 0) is 14.3 Å². The van der Waals surface area contributed by atoms with Crippen molar-refractivity contribution in [2.45, 2.75) is 31.6 Å². The van der Waals surface area contributed by atoms with Crippen molar-refractivity contribution < 1.29 is 14.3 Å². The fourth-order valence-corrected chi connectivity index (χ4v) is 3.18. The summed E-state index contributed by atoms with van der Waals surface area (Å²) in [4.78, 5) is 14.4. The van der Waals surface area contributed by atoms with Gasteiger partial charge in [0.2, 0.25) is 5.91 Å². The molecule has 118 valence electrons. The second-order valence-electron chi connectivity index (χ2n) is 5.59. The van der Waals surface area contributed by atoms with Gasteiger partial charge in [-0.2, -0.15) is 0 Å². The number of nitrogens with zero attached hydrogens (tertiary/aromatic N) is 1. The third kappa shape index (κ3) is 3.69. The maximum absolute atomic E-state index is 12.5. The van der Waals surface area contributed by atoms with Crippen molar-refractivity contribution in [3.63, 3.8) is 0 Å². The molecule has 4 nitrogen and oxygen atoms in total. The van der Waals surface area contributed by atoms with E-state index in [1.807, 2.05) is 29.2 Å². The van der Waals surface area contributed by atoms with Crippen molar-refractivity contribution in [3.05, 3.63) is 40.9 Å². The average Bonchev–Trinajstić information content (AvgIpc) is 3.07. The lowest BCUT2D eigenvalue weighted by Gasteiger charge is -2.37. The van der Waals surface area contributed by atoms with E-state index in [1.165, 1.54) is 0 Å². The topological polar surface area (TPSA) is 38.8 Å². The molecule has 2 aliphatic heterocycles. The van der Waals surface area contributed by atoms with Crippen molar-refractivity contribution in [1.82, 2.24) is 4.90 Å². The molecule has 2 saturated heterocycles. The lowest BCUT2D eigenvalue weighted by Crippen LogP contribution is -2.49. The quantitative estimate of drug-likeness (QED) is 0.803. The maximum atomic E-state index is 12.5. The molecule has 1 atom stereocenters. The van der Waals surface area contributed by atoms with Gasteiger partial charge in [-0.3, -0.25) is 4.79 Å². The van der Waals surface area contributed by atoms with Gasteiger partial charge in [-0.1, -0.05) is 23.7 Å². The number of hydrogen-bond acceptors (Lipinski definition) is 3. The Morgan fingerprint density at radius 3 is 2.86 bits per heavy atom. The molecular formula is C17H20ClNO3. The Kier molecular flexibility index (Phi) is 5.13. The first-order valence-electron chi connectivity index (χ1n) is 7.71. The van der Waals surface area contributed by atoms with Crippen molar-refractivity contribution in [2.24, 2.45) is 0 Å². The highest BCUT2D eigenvalue weighted by molar-refractivity contribution is 6.30. The molecule has 1 aromatic rings. The lowest BCUT2D eigenvalue weighted by atomic mass is 10.0. The number of piperidine rings is 1. The lowest BCUT2D eigenvalue weighted by molar-refractivity contribution is -0.145. The summed E-state index contributed by atoms with van der Waals surface area (Å²) < 4.78 is 11.2. The molecule has 2 fully saturated rings. The molecule has 0 bridgehead atoms. The largest absolute Gasteiger partial charge is 0.348 e. The predicted molar refractivity (Wildman–Crippen MR) is 85.5 cm³/mol. The molecule has 2 aliphatic rings. The van der Waals surface area contributed by atoms with Crippen LogP contribution in [0.25, 0.3) is 6.08 Å². The SMILES string of the molecule is O=C(/C=C/c1cccc(Cl)c1)N1CCCCC1C1OCCO1. The Labute approximate surface area is 135 Å². The zero-order chi connectivity index (χ0) is 15.4. The van der Waals surface area contributed by atoms with Crippen LogP contribution < -0.4 is 0 Å². The molecular weight excluding hydrogens is 302 g/mol. The minimum atomic E-state index is -0.274. The smallest absolute Gasteiger partial charge is 0.246 e.